The van der Waals surface area contributed by atoms with E-state index >= 15 is 0 Å². The average molecular weight is 376 g/mol. The Hall–Kier alpha value is -1.89. The summed E-state index contributed by atoms with van der Waals surface area (Å²) in [6.45, 7) is 15.0. The molecule has 7 heteroatoms. The maximum Gasteiger partial charge on any atom is 0.225 e. The number of hydrogen-bond donors (Lipinski definition) is 2. The summed E-state index contributed by atoms with van der Waals surface area (Å²) in [5.74, 6) is 1.73. The van der Waals surface area contributed by atoms with Crippen LogP contribution < -0.4 is 15.5 Å². The van der Waals surface area contributed by atoms with Crippen LogP contribution in [0.25, 0.3) is 0 Å². The summed E-state index contributed by atoms with van der Waals surface area (Å²) in [5.41, 5.74) is 0.375. The summed E-state index contributed by atoms with van der Waals surface area (Å²) in [6.07, 6.45) is 5.96. The third-order valence-corrected chi connectivity index (χ3v) is 4.86. The Morgan fingerprint density at radius 3 is 2.44 bits per heavy atom. The first-order valence-corrected chi connectivity index (χ1v) is 10.1. The topological polar surface area (TPSA) is 68.7 Å². The first kappa shape index (κ1) is 21.4. The SMILES string of the molecule is CN=C(NCCN1CCN(c2ncccn2)CC1)NC(C)CCC(C)(C)C. The van der Waals surface area contributed by atoms with Gasteiger partial charge in [0.25, 0.3) is 0 Å². The van der Waals surface area contributed by atoms with E-state index in [1.165, 1.54) is 6.42 Å². The largest absolute Gasteiger partial charge is 0.355 e. The van der Waals surface area contributed by atoms with Crippen LogP contribution in [-0.2, 0) is 0 Å². The summed E-state index contributed by atoms with van der Waals surface area (Å²) in [5, 5.41) is 6.95. The van der Waals surface area contributed by atoms with Crippen molar-refractivity contribution in [2.75, 3.05) is 51.2 Å². The van der Waals surface area contributed by atoms with E-state index in [0.29, 0.717) is 11.5 Å². The molecule has 7 nitrogen and oxygen atoms in total. The molecule has 0 radical (unpaired) electrons. The van der Waals surface area contributed by atoms with E-state index in [9.17, 15) is 0 Å². The molecule has 0 aliphatic carbocycles. The minimum absolute atomic E-state index is 0.375. The second-order valence-electron chi connectivity index (χ2n) is 8.52. The lowest BCUT2D eigenvalue weighted by Crippen LogP contribution is -2.50. The molecular weight excluding hydrogens is 338 g/mol. The van der Waals surface area contributed by atoms with Crippen LogP contribution in [0.2, 0.25) is 0 Å². The maximum atomic E-state index is 4.36. The molecule has 1 aliphatic heterocycles. The van der Waals surface area contributed by atoms with Gasteiger partial charge >= 0.3 is 0 Å². The Labute approximate surface area is 164 Å². The lowest BCUT2D eigenvalue weighted by Gasteiger charge is -2.34. The third-order valence-electron chi connectivity index (χ3n) is 4.86. The number of aliphatic imine (C=N–C) groups is 1. The van der Waals surface area contributed by atoms with Crippen LogP contribution in [0.3, 0.4) is 0 Å². The Morgan fingerprint density at radius 2 is 1.85 bits per heavy atom. The van der Waals surface area contributed by atoms with E-state index in [4.69, 9.17) is 0 Å². The van der Waals surface area contributed by atoms with Crippen molar-refractivity contribution in [1.29, 1.82) is 0 Å². The van der Waals surface area contributed by atoms with Crippen molar-refractivity contribution < 1.29 is 0 Å². The Morgan fingerprint density at radius 1 is 1.19 bits per heavy atom. The van der Waals surface area contributed by atoms with Crippen molar-refractivity contribution in [3.05, 3.63) is 18.5 Å². The van der Waals surface area contributed by atoms with E-state index in [2.05, 4.69) is 63.1 Å². The first-order chi connectivity index (χ1) is 12.9. The second-order valence-corrected chi connectivity index (χ2v) is 8.52. The fourth-order valence-corrected chi connectivity index (χ4v) is 3.11. The molecule has 2 heterocycles. The molecule has 1 fully saturated rings. The van der Waals surface area contributed by atoms with Gasteiger partial charge in [0.15, 0.2) is 5.96 Å². The van der Waals surface area contributed by atoms with Crippen LogP contribution in [0, 0.1) is 5.41 Å². The highest BCUT2D eigenvalue weighted by atomic mass is 15.3. The van der Waals surface area contributed by atoms with Gasteiger partial charge in [-0.15, -0.1) is 0 Å². The van der Waals surface area contributed by atoms with Crippen molar-refractivity contribution >= 4 is 11.9 Å². The number of piperazine rings is 1. The maximum absolute atomic E-state index is 4.36. The summed E-state index contributed by atoms with van der Waals surface area (Å²) in [4.78, 5) is 17.8. The number of anilines is 1. The Kier molecular flexibility index (Phi) is 8.28. The molecule has 0 aromatic carbocycles. The summed E-state index contributed by atoms with van der Waals surface area (Å²) >= 11 is 0. The van der Waals surface area contributed by atoms with E-state index in [0.717, 1.165) is 57.6 Å². The zero-order valence-electron chi connectivity index (χ0n) is 17.7. The van der Waals surface area contributed by atoms with E-state index in [1.807, 2.05) is 13.1 Å². The lowest BCUT2D eigenvalue weighted by atomic mass is 9.89. The summed E-state index contributed by atoms with van der Waals surface area (Å²) < 4.78 is 0. The molecule has 0 bridgehead atoms. The van der Waals surface area contributed by atoms with Crippen LogP contribution in [0.4, 0.5) is 5.95 Å². The van der Waals surface area contributed by atoms with Gasteiger partial charge in [-0.3, -0.25) is 9.89 Å². The number of guanidine groups is 1. The predicted molar refractivity (Wildman–Crippen MR) is 113 cm³/mol. The molecule has 0 amide bonds. The van der Waals surface area contributed by atoms with E-state index < -0.39 is 0 Å². The van der Waals surface area contributed by atoms with Crippen molar-refractivity contribution in [1.82, 2.24) is 25.5 Å². The van der Waals surface area contributed by atoms with Gasteiger partial charge in [-0.05, 0) is 31.2 Å². The number of hydrogen-bond acceptors (Lipinski definition) is 5. The minimum atomic E-state index is 0.375. The average Bonchev–Trinajstić information content (AvgIpc) is 2.66. The highest BCUT2D eigenvalue weighted by Gasteiger charge is 2.18. The van der Waals surface area contributed by atoms with Crippen molar-refractivity contribution in [3.8, 4) is 0 Å². The van der Waals surface area contributed by atoms with Gasteiger partial charge in [-0.25, -0.2) is 9.97 Å². The Bertz CT molecular complexity index is 559. The number of rotatable bonds is 7. The van der Waals surface area contributed by atoms with Crippen LogP contribution in [0.1, 0.15) is 40.5 Å². The lowest BCUT2D eigenvalue weighted by molar-refractivity contribution is 0.260. The van der Waals surface area contributed by atoms with E-state index in [-0.39, 0.29) is 0 Å². The van der Waals surface area contributed by atoms with Gasteiger partial charge in [-0.1, -0.05) is 20.8 Å². The van der Waals surface area contributed by atoms with Crippen LogP contribution in [-0.4, -0.2) is 73.2 Å². The first-order valence-electron chi connectivity index (χ1n) is 10.1. The molecule has 1 aromatic heterocycles. The van der Waals surface area contributed by atoms with Crippen LogP contribution in [0.5, 0.6) is 0 Å². The Balaban J connectivity index is 1.64. The molecule has 1 unspecified atom stereocenters. The summed E-state index contributed by atoms with van der Waals surface area (Å²) in [7, 11) is 1.84. The molecular formula is C20H37N7. The normalized spacial score (nSPS) is 17.7. The fraction of sp³-hybridized carbons (Fsp3) is 0.750. The van der Waals surface area contributed by atoms with Gasteiger partial charge in [0.05, 0.1) is 0 Å². The molecule has 2 N–H and O–H groups in total. The zero-order chi connectivity index (χ0) is 19.7. The highest BCUT2D eigenvalue weighted by molar-refractivity contribution is 5.79. The molecule has 0 saturated carbocycles. The molecule has 1 atom stereocenters. The molecule has 152 valence electrons. The van der Waals surface area contributed by atoms with Gasteiger partial charge in [-0.2, -0.15) is 0 Å². The van der Waals surface area contributed by atoms with Crippen molar-refractivity contribution in [2.45, 2.75) is 46.6 Å². The number of nitrogens with zero attached hydrogens (tertiary/aromatic N) is 5. The van der Waals surface area contributed by atoms with Gasteiger partial charge in [0.1, 0.15) is 0 Å². The van der Waals surface area contributed by atoms with Crippen molar-refractivity contribution in [2.24, 2.45) is 10.4 Å². The molecule has 1 saturated heterocycles. The fourth-order valence-electron chi connectivity index (χ4n) is 3.11. The third kappa shape index (κ3) is 8.12. The van der Waals surface area contributed by atoms with E-state index in [1.54, 1.807) is 12.4 Å². The molecule has 27 heavy (non-hydrogen) atoms. The quantitative estimate of drug-likeness (QED) is 0.561. The zero-order valence-corrected chi connectivity index (χ0v) is 17.7. The smallest absolute Gasteiger partial charge is 0.225 e. The standard InChI is InChI=1S/C20H37N7/c1-17(7-8-20(2,3)4)25-18(21-5)22-11-12-26-13-15-27(16-14-26)19-23-9-6-10-24-19/h6,9-10,17H,7-8,11-16H2,1-5H3,(H2,21,22,25). The van der Waals surface area contributed by atoms with Gasteiger partial charge < -0.3 is 15.5 Å². The second kappa shape index (κ2) is 10.4. The monoisotopic (exact) mass is 375 g/mol. The van der Waals surface area contributed by atoms with Crippen LogP contribution in [0.15, 0.2) is 23.5 Å². The number of nitrogens with one attached hydrogen (secondary N) is 2. The number of aromatic nitrogens is 2. The summed E-state index contributed by atoms with van der Waals surface area (Å²) in [6, 6.07) is 2.28. The minimum Gasteiger partial charge on any atom is -0.355 e. The molecule has 1 aliphatic rings. The molecule has 1 aromatic rings. The van der Waals surface area contributed by atoms with Crippen molar-refractivity contribution in [3.63, 3.8) is 0 Å². The molecule has 2 rings (SSSR count). The van der Waals surface area contributed by atoms with Gasteiger partial charge in [0, 0.05) is 64.8 Å². The van der Waals surface area contributed by atoms with Gasteiger partial charge in [0.2, 0.25) is 5.95 Å². The highest BCUT2D eigenvalue weighted by Crippen LogP contribution is 2.21. The van der Waals surface area contributed by atoms with Crippen LogP contribution >= 0.6 is 0 Å². The predicted octanol–water partition coefficient (Wildman–Crippen LogP) is 1.98. The molecule has 0 spiro atoms.